The summed E-state index contributed by atoms with van der Waals surface area (Å²) >= 11 is 0. The molecular weight excluding hydrogens is 198 g/mol. The van der Waals surface area contributed by atoms with Gasteiger partial charge in [0.1, 0.15) is 0 Å². The quantitative estimate of drug-likeness (QED) is 0.780. The molecule has 0 saturated carbocycles. The van der Waals surface area contributed by atoms with Gasteiger partial charge in [0.05, 0.1) is 0 Å². The fourth-order valence-electron chi connectivity index (χ4n) is 2.97. The summed E-state index contributed by atoms with van der Waals surface area (Å²) in [5.74, 6) is 0.738. The Hall–Kier alpha value is -0.120. The predicted octanol–water partition coefficient (Wildman–Crippen LogP) is 1.26. The van der Waals surface area contributed by atoms with Crippen LogP contribution in [-0.4, -0.2) is 61.7 Å². The van der Waals surface area contributed by atoms with E-state index in [2.05, 4.69) is 56.9 Å². The Morgan fingerprint density at radius 1 is 1.38 bits per heavy atom. The third-order valence-corrected chi connectivity index (χ3v) is 3.40. The van der Waals surface area contributed by atoms with Gasteiger partial charge in [0.2, 0.25) is 0 Å². The molecule has 0 aromatic rings. The maximum atomic E-state index is 3.33. The van der Waals surface area contributed by atoms with Gasteiger partial charge in [-0.2, -0.15) is 0 Å². The minimum atomic E-state index is 0.290. The molecule has 0 spiro atoms. The zero-order valence-electron chi connectivity index (χ0n) is 11.9. The van der Waals surface area contributed by atoms with Crippen LogP contribution in [0, 0.1) is 5.92 Å². The first-order valence-electron chi connectivity index (χ1n) is 6.46. The van der Waals surface area contributed by atoms with Crippen molar-refractivity contribution < 1.29 is 0 Å². The summed E-state index contributed by atoms with van der Waals surface area (Å²) in [5.41, 5.74) is 0.290. The molecule has 1 atom stereocenters. The predicted molar refractivity (Wildman–Crippen MR) is 70.8 cm³/mol. The first-order chi connectivity index (χ1) is 7.36. The van der Waals surface area contributed by atoms with Crippen molar-refractivity contribution in [2.24, 2.45) is 5.92 Å². The second kappa shape index (κ2) is 5.48. The van der Waals surface area contributed by atoms with Crippen LogP contribution in [0.3, 0.4) is 0 Å². The van der Waals surface area contributed by atoms with Gasteiger partial charge < -0.3 is 10.2 Å². The third-order valence-electron chi connectivity index (χ3n) is 3.40. The second-order valence-electron chi connectivity index (χ2n) is 6.27. The van der Waals surface area contributed by atoms with Gasteiger partial charge in [0.25, 0.3) is 0 Å². The lowest BCUT2D eigenvalue weighted by Crippen LogP contribution is -2.65. The highest BCUT2D eigenvalue weighted by atomic mass is 15.3. The Bertz CT molecular complexity index is 213. The Kier molecular flexibility index (Phi) is 4.77. The fourth-order valence-corrected chi connectivity index (χ4v) is 2.97. The third kappa shape index (κ3) is 3.44. The standard InChI is InChI=1S/C13H29N3/c1-11(2)8-16-12(7-14-5)9-15(6)10-13(16,3)4/h11-12,14H,7-10H2,1-6H3. The van der Waals surface area contributed by atoms with E-state index >= 15 is 0 Å². The highest BCUT2D eigenvalue weighted by Gasteiger charge is 2.38. The average Bonchev–Trinajstić information content (AvgIpc) is 2.10. The van der Waals surface area contributed by atoms with Crippen molar-refractivity contribution in [3.63, 3.8) is 0 Å². The summed E-state index contributed by atoms with van der Waals surface area (Å²) in [4.78, 5) is 5.15. The molecule has 1 N–H and O–H groups in total. The zero-order valence-corrected chi connectivity index (χ0v) is 11.9. The molecule has 0 aliphatic carbocycles. The van der Waals surface area contributed by atoms with E-state index in [9.17, 15) is 0 Å². The summed E-state index contributed by atoms with van der Waals surface area (Å²) in [6.45, 7) is 14.0. The van der Waals surface area contributed by atoms with Crippen molar-refractivity contribution in [2.45, 2.75) is 39.3 Å². The zero-order chi connectivity index (χ0) is 12.3. The molecule has 16 heavy (non-hydrogen) atoms. The molecule has 0 amide bonds. The second-order valence-corrected chi connectivity index (χ2v) is 6.27. The van der Waals surface area contributed by atoms with Crippen LogP contribution in [0.25, 0.3) is 0 Å². The maximum Gasteiger partial charge on any atom is 0.0353 e. The molecule has 1 aliphatic heterocycles. The highest BCUT2D eigenvalue weighted by molar-refractivity contribution is 4.95. The van der Waals surface area contributed by atoms with Crippen LogP contribution in [0.1, 0.15) is 27.7 Å². The molecular formula is C13H29N3. The minimum Gasteiger partial charge on any atom is -0.318 e. The van der Waals surface area contributed by atoms with Crippen molar-refractivity contribution in [1.29, 1.82) is 0 Å². The average molecular weight is 227 g/mol. The molecule has 96 valence electrons. The smallest absolute Gasteiger partial charge is 0.0353 e. The van der Waals surface area contributed by atoms with Crippen molar-refractivity contribution in [1.82, 2.24) is 15.1 Å². The van der Waals surface area contributed by atoms with E-state index in [-0.39, 0.29) is 0 Å². The molecule has 0 aromatic carbocycles. The summed E-state index contributed by atoms with van der Waals surface area (Å²) in [7, 11) is 4.28. The number of piperazine rings is 1. The largest absolute Gasteiger partial charge is 0.318 e. The SMILES string of the molecule is CNCC1CN(C)CC(C)(C)N1CC(C)C. The van der Waals surface area contributed by atoms with Gasteiger partial charge in [0, 0.05) is 37.8 Å². The Balaban J connectivity index is 2.76. The van der Waals surface area contributed by atoms with Crippen molar-refractivity contribution in [3.05, 3.63) is 0 Å². The van der Waals surface area contributed by atoms with Crippen LogP contribution in [0.15, 0.2) is 0 Å². The molecule has 3 heteroatoms. The maximum absolute atomic E-state index is 3.33. The van der Waals surface area contributed by atoms with E-state index in [4.69, 9.17) is 0 Å². The number of hydrogen-bond acceptors (Lipinski definition) is 3. The molecule has 1 saturated heterocycles. The van der Waals surface area contributed by atoms with Crippen LogP contribution >= 0.6 is 0 Å². The monoisotopic (exact) mass is 227 g/mol. The highest BCUT2D eigenvalue weighted by Crippen LogP contribution is 2.25. The van der Waals surface area contributed by atoms with Gasteiger partial charge in [0.15, 0.2) is 0 Å². The van der Waals surface area contributed by atoms with Gasteiger partial charge in [-0.25, -0.2) is 0 Å². The minimum absolute atomic E-state index is 0.290. The molecule has 1 unspecified atom stereocenters. The number of likely N-dealkylation sites (N-methyl/N-ethyl adjacent to an activating group) is 2. The van der Waals surface area contributed by atoms with Gasteiger partial charge in [-0.3, -0.25) is 4.90 Å². The van der Waals surface area contributed by atoms with E-state index < -0.39 is 0 Å². The summed E-state index contributed by atoms with van der Waals surface area (Å²) in [6, 6.07) is 0.640. The van der Waals surface area contributed by atoms with Crippen LogP contribution < -0.4 is 5.32 Å². The van der Waals surface area contributed by atoms with Crippen molar-refractivity contribution in [2.75, 3.05) is 40.3 Å². The van der Waals surface area contributed by atoms with E-state index in [0.29, 0.717) is 11.6 Å². The van der Waals surface area contributed by atoms with Gasteiger partial charge in [-0.05, 0) is 33.9 Å². The number of hydrogen-bond donors (Lipinski definition) is 1. The molecule has 0 aromatic heterocycles. The van der Waals surface area contributed by atoms with Crippen LogP contribution in [0.4, 0.5) is 0 Å². The molecule has 1 aliphatic rings. The van der Waals surface area contributed by atoms with E-state index in [1.807, 2.05) is 0 Å². The lowest BCUT2D eigenvalue weighted by atomic mass is 9.93. The topological polar surface area (TPSA) is 18.5 Å². The number of rotatable bonds is 4. The van der Waals surface area contributed by atoms with Crippen molar-refractivity contribution in [3.8, 4) is 0 Å². The Morgan fingerprint density at radius 2 is 2.00 bits per heavy atom. The normalized spacial score (nSPS) is 27.6. The molecule has 1 heterocycles. The molecule has 3 nitrogen and oxygen atoms in total. The first-order valence-corrected chi connectivity index (χ1v) is 6.46. The van der Waals surface area contributed by atoms with E-state index in [1.165, 1.54) is 19.6 Å². The van der Waals surface area contributed by atoms with Gasteiger partial charge in [-0.15, -0.1) is 0 Å². The van der Waals surface area contributed by atoms with Crippen LogP contribution in [-0.2, 0) is 0 Å². The van der Waals surface area contributed by atoms with Gasteiger partial charge >= 0.3 is 0 Å². The van der Waals surface area contributed by atoms with Crippen LogP contribution in [0.5, 0.6) is 0 Å². The summed E-state index contributed by atoms with van der Waals surface area (Å²) in [6.07, 6.45) is 0. The number of nitrogens with zero attached hydrogens (tertiary/aromatic N) is 2. The van der Waals surface area contributed by atoms with E-state index in [1.54, 1.807) is 0 Å². The lowest BCUT2D eigenvalue weighted by Gasteiger charge is -2.51. The molecule has 0 bridgehead atoms. The Morgan fingerprint density at radius 3 is 2.50 bits per heavy atom. The van der Waals surface area contributed by atoms with Crippen LogP contribution in [0.2, 0.25) is 0 Å². The summed E-state index contributed by atoms with van der Waals surface area (Å²) in [5, 5.41) is 3.33. The fraction of sp³-hybridized carbons (Fsp3) is 1.00. The molecule has 0 radical (unpaired) electrons. The molecule has 1 rings (SSSR count). The lowest BCUT2D eigenvalue weighted by molar-refractivity contribution is -0.0219. The number of nitrogens with one attached hydrogen (secondary N) is 1. The Labute approximate surface area is 101 Å². The molecule has 1 fully saturated rings. The van der Waals surface area contributed by atoms with Crippen molar-refractivity contribution >= 4 is 0 Å². The van der Waals surface area contributed by atoms with Gasteiger partial charge in [-0.1, -0.05) is 13.8 Å². The first kappa shape index (κ1) is 13.9. The van der Waals surface area contributed by atoms with E-state index in [0.717, 1.165) is 12.5 Å². The summed E-state index contributed by atoms with van der Waals surface area (Å²) < 4.78 is 0.